The van der Waals surface area contributed by atoms with E-state index in [4.69, 9.17) is 4.74 Å². The third-order valence-corrected chi connectivity index (χ3v) is 1.84. The van der Waals surface area contributed by atoms with Crippen LogP contribution >= 0.6 is 0 Å². The second kappa shape index (κ2) is 4.46. The van der Waals surface area contributed by atoms with Gasteiger partial charge in [0.25, 0.3) is 0 Å². The predicted octanol–water partition coefficient (Wildman–Crippen LogP) is 1.75. The van der Waals surface area contributed by atoms with Crippen molar-refractivity contribution in [1.82, 2.24) is 0 Å². The molecule has 0 heterocycles. The Labute approximate surface area is 75.0 Å². The number of hydrogen-bond acceptors (Lipinski definition) is 1. The van der Waals surface area contributed by atoms with E-state index in [-0.39, 0.29) is 0 Å². The van der Waals surface area contributed by atoms with E-state index in [0.29, 0.717) is 6.61 Å². The molecule has 0 radical (unpaired) electrons. The van der Waals surface area contributed by atoms with Crippen LogP contribution in [-0.2, 0) is 20.6 Å². The Morgan fingerprint density at radius 2 is 2.00 bits per heavy atom. The summed E-state index contributed by atoms with van der Waals surface area (Å²) in [6.07, 6.45) is 0. The molecule has 0 amide bonds. The van der Waals surface area contributed by atoms with Crippen molar-refractivity contribution in [1.29, 1.82) is 0 Å². The van der Waals surface area contributed by atoms with Gasteiger partial charge < -0.3 is 0 Å². The molecule has 0 aliphatic heterocycles. The number of rotatable bonds is 3. The second-order valence-electron chi connectivity index (χ2n) is 2.09. The van der Waals surface area contributed by atoms with Crippen LogP contribution in [0.5, 0.6) is 0 Å². The van der Waals surface area contributed by atoms with Gasteiger partial charge in [-0.05, 0) is 0 Å². The maximum atomic E-state index is 5.29. The van der Waals surface area contributed by atoms with Crippen molar-refractivity contribution in [3.05, 3.63) is 35.9 Å². The van der Waals surface area contributed by atoms with Crippen molar-refractivity contribution in [3.63, 3.8) is 0 Å². The first kappa shape index (κ1) is 8.68. The molecule has 0 unspecified atom stereocenters. The van der Waals surface area contributed by atoms with Crippen LogP contribution in [0.15, 0.2) is 30.3 Å². The molecular formula is C9H10CrO. The van der Waals surface area contributed by atoms with Crippen LogP contribution in [0.4, 0.5) is 0 Å². The Hall–Kier alpha value is -0.418. The summed E-state index contributed by atoms with van der Waals surface area (Å²) >= 11 is 2.89. The number of ether oxygens (including phenoxy) is 1. The molecule has 0 N–H and O–H groups in total. The van der Waals surface area contributed by atoms with Gasteiger partial charge in [-0.2, -0.15) is 0 Å². The standard InChI is InChI=1S/C9H10O.Cr/c1-2-10-8-9-6-4-3-5-7-9;/h3-7H,2H2,1H3;. The third-order valence-electron chi connectivity index (χ3n) is 1.28. The second-order valence-corrected chi connectivity index (χ2v) is 2.67. The van der Waals surface area contributed by atoms with Crippen molar-refractivity contribution in [2.24, 2.45) is 0 Å². The first-order valence-electron chi connectivity index (χ1n) is 3.56. The van der Waals surface area contributed by atoms with Crippen molar-refractivity contribution in [2.75, 3.05) is 6.61 Å². The fourth-order valence-electron chi connectivity index (χ4n) is 0.789. The Morgan fingerprint density at radius 3 is 2.55 bits per heavy atom. The van der Waals surface area contributed by atoms with Crippen LogP contribution in [0.25, 0.3) is 0 Å². The zero-order chi connectivity index (χ0) is 8.10. The van der Waals surface area contributed by atoms with E-state index in [1.165, 1.54) is 0 Å². The quantitative estimate of drug-likeness (QED) is 0.698. The molecule has 58 valence electrons. The monoisotopic (exact) mass is 186 g/mol. The molecule has 0 bridgehead atoms. The zero-order valence-corrected chi connectivity index (χ0v) is 7.69. The molecule has 0 aliphatic carbocycles. The molecular weight excluding hydrogens is 176 g/mol. The Morgan fingerprint density at radius 1 is 1.36 bits per heavy atom. The van der Waals surface area contributed by atoms with Crippen molar-refractivity contribution < 1.29 is 20.6 Å². The van der Waals surface area contributed by atoms with Gasteiger partial charge in [-0.1, -0.05) is 0 Å². The first-order chi connectivity index (χ1) is 5.34. The molecule has 11 heavy (non-hydrogen) atoms. The molecule has 1 aromatic carbocycles. The van der Waals surface area contributed by atoms with E-state index in [1.807, 2.05) is 37.3 Å². The van der Waals surface area contributed by atoms with E-state index in [1.54, 1.807) is 0 Å². The van der Waals surface area contributed by atoms with E-state index >= 15 is 0 Å². The predicted molar refractivity (Wildman–Crippen MR) is 42.2 cm³/mol. The number of hydrogen-bond donors (Lipinski definition) is 0. The summed E-state index contributed by atoms with van der Waals surface area (Å²) in [5.41, 5.74) is 1.11. The normalized spacial score (nSPS) is 9.55. The van der Waals surface area contributed by atoms with E-state index < -0.39 is 0 Å². The van der Waals surface area contributed by atoms with Gasteiger partial charge in [0.2, 0.25) is 0 Å². The van der Waals surface area contributed by atoms with Gasteiger partial charge in [0.1, 0.15) is 0 Å². The van der Waals surface area contributed by atoms with Crippen LogP contribution in [0.3, 0.4) is 0 Å². The van der Waals surface area contributed by atoms with E-state index in [9.17, 15) is 0 Å². The molecule has 1 rings (SSSR count). The van der Waals surface area contributed by atoms with E-state index in [0.717, 1.165) is 10.1 Å². The summed E-state index contributed by atoms with van der Waals surface area (Å²) in [4.78, 5) is 0. The third kappa shape index (κ3) is 2.59. The van der Waals surface area contributed by atoms with Gasteiger partial charge in [-0.3, -0.25) is 0 Å². The van der Waals surface area contributed by atoms with Gasteiger partial charge >= 0.3 is 74.6 Å². The van der Waals surface area contributed by atoms with Crippen LogP contribution < -0.4 is 0 Å². The first-order valence-corrected chi connectivity index (χ1v) is 4.20. The molecule has 0 fully saturated rings. The average Bonchev–Trinajstić information content (AvgIpc) is 2.07. The molecule has 0 saturated heterocycles. The van der Waals surface area contributed by atoms with Gasteiger partial charge in [0.05, 0.1) is 0 Å². The summed E-state index contributed by atoms with van der Waals surface area (Å²) < 4.78 is 6.16. The van der Waals surface area contributed by atoms with Crippen LogP contribution in [0.2, 0.25) is 0 Å². The minimum absolute atomic E-state index is 0.706. The van der Waals surface area contributed by atoms with Crippen LogP contribution in [0, 0.1) is 0 Å². The Kier molecular flexibility index (Phi) is 3.52. The van der Waals surface area contributed by atoms with Crippen molar-refractivity contribution in [2.45, 2.75) is 6.92 Å². The summed E-state index contributed by atoms with van der Waals surface area (Å²) in [5.74, 6) is 0. The van der Waals surface area contributed by atoms with E-state index in [2.05, 4.69) is 15.9 Å². The molecule has 1 nitrogen and oxygen atoms in total. The van der Waals surface area contributed by atoms with Gasteiger partial charge in [-0.25, -0.2) is 0 Å². The molecule has 2 heteroatoms. The fourth-order valence-corrected chi connectivity index (χ4v) is 1.19. The maximum absolute atomic E-state index is 5.29. The molecule has 0 saturated carbocycles. The molecule has 0 aromatic heterocycles. The molecule has 1 aromatic rings. The molecule has 0 spiro atoms. The summed E-state index contributed by atoms with van der Waals surface area (Å²) in [6.45, 7) is 2.68. The van der Waals surface area contributed by atoms with Gasteiger partial charge in [-0.15, -0.1) is 0 Å². The van der Waals surface area contributed by atoms with Crippen LogP contribution in [-0.4, -0.2) is 11.2 Å². The van der Waals surface area contributed by atoms with Gasteiger partial charge in [0, 0.05) is 0 Å². The zero-order valence-electron chi connectivity index (χ0n) is 6.41. The fraction of sp³-hybridized carbons (Fsp3) is 0.222. The molecule has 0 atom stereocenters. The Balaban J connectivity index is 2.69. The number of benzene rings is 1. The van der Waals surface area contributed by atoms with Gasteiger partial charge in [0.15, 0.2) is 0 Å². The van der Waals surface area contributed by atoms with Crippen molar-refractivity contribution >= 4 is 4.57 Å². The van der Waals surface area contributed by atoms with Crippen LogP contribution in [0.1, 0.15) is 12.5 Å². The topological polar surface area (TPSA) is 9.23 Å². The summed E-state index contributed by atoms with van der Waals surface area (Å²) in [7, 11) is 0. The Bertz CT molecular complexity index is 231. The molecule has 0 aliphatic rings. The van der Waals surface area contributed by atoms with Crippen molar-refractivity contribution in [3.8, 4) is 0 Å². The summed E-state index contributed by atoms with van der Waals surface area (Å²) in [6, 6.07) is 10.0. The summed E-state index contributed by atoms with van der Waals surface area (Å²) in [5, 5.41) is 0. The average molecular weight is 186 g/mol. The minimum atomic E-state index is 0.706. The SMILES string of the molecule is CCO[C](=[Cr])c1ccccc1.